The number of hydrogen-bond acceptors (Lipinski definition) is 2. The van der Waals surface area contributed by atoms with Crippen LogP contribution >= 0.6 is 0 Å². The van der Waals surface area contributed by atoms with Crippen LogP contribution in [-0.4, -0.2) is 6.04 Å². The summed E-state index contributed by atoms with van der Waals surface area (Å²) < 4.78 is 6.52. The predicted molar refractivity (Wildman–Crippen MR) is 112 cm³/mol. The van der Waals surface area contributed by atoms with Gasteiger partial charge in [0.2, 0.25) is 0 Å². The van der Waals surface area contributed by atoms with Gasteiger partial charge in [-0.05, 0) is 29.8 Å². The highest BCUT2D eigenvalue weighted by Crippen LogP contribution is 2.51. The molecule has 27 heavy (non-hydrogen) atoms. The summed E-state index contributed by atoms with van der Waals surface area (Å²) in [6, 6.07) is 21.5. The summed E-state index contributed by atoms with van der Waals surface area (Å²) in [5.74, 6) is 1.04. The van der Waals surface area contributed by atoms with Crippen LogP contribution in [0.5, 0.6) is 0 Å². The fraction of sp³-hybridized carbons (Fsp3) is 0.120. The van der Waals surface area contributed by atoms with Gasteiger partial charge < -0.3 is 9.73 Å². The van der Waals surface area contributed by atoms with Crippen molar-refractivity contribution in [2.24, 2.45) is 0 Å². The molecular formula is C25H19NO. The number of furan rings is 1. The van der Waals surface area contributed by atoms with Crippen LogP contribution in [0, 0.1) is 0 Å². The molecule has 1 N–H and O–H groups in total. The second-order valence-corrected chi connectivity index (χ2v) is 7.66. The van der Waals surface area contributed by atoms with Gasteiger partial charge in [-0.25, -0.2) is 0 Å². The first-order chi connectivity index (χ1) is 13.3. The number of benzene rings is 3. The third kappa shape index (κ3) is 1.90. The van der Waals surface area contributed by atoms with E-state index in [-0.39, 0.29) is 11.5 Å². The van der Waals surface area contributed by atoms with Gasteiger partial charge in [0.25, 0.3) is 0 Å². The molecule has 2 heterocycles. The number of rotatable bonds is 0. The van der Waals surface area contributed by atoms with Crippen LogP contribution in [0.4, 0.5) is 5.69 Å². The van der Waals surface area contributed by atoms with Crippen molar-refractivity contribution in [3.05, 3.63) is 90.7 Å². The van der Waals surface area contributed by atoms with E-state index in [2.05, 4.69) is 91.1 Å². The number of nitrogens with one attached hydrogen (secondary N) is 1. The minimum absolute atomic E-state index is 0.143. The third-order valence-corrected chi connectivity index (χ3v) is 6.08. The van der Waals surface area contributed by atoms with Crippen molar-refractivity contribution in [3.63, 3.8) is 0 Å². The maximum absolute atomic E-state index is 6.52. The summed E-state index contributed by atoms with van der Waals surface area (Å²) in [5.41, 5.74) is 4.32. The molecule has 4 aromatic rings. The second kappa shape index (κ2) is 5.14. The zero-order valence-electron chi connectivity index (χ0n) is 15.1. The van der Waals surface area contributed by atoms with E-state index in [1.165, 1.54) is 27.3 Å². The molecule has 0 amide bonds. The van der Waals surface area contributed by atoms with Gasteiger partial charge in [-0.2, -0.15) is 0 Å². The first kappa shape index (κ1) is 14.9. The monoisotopic (exact) mass is 349 g/mol. The highest BCUT2D eigenvalue weighted by atomic mass is 16.3. The summed E-state index contributed by atoms with van der Waals surface area (Å²) in [6.07, 6.45) is 8.75. The van der Waals surface area contributed by atoms with E-state index in [1.54, 1.807) is 0 Å². The molecule has 0 radical (unpaired) electrons. The number of fused-ring (bicyclic) bond motifs is 9. The highest BCUT2D eigenvalue weighted by molar-refractivity contribution is 6.11. The third-order valence-electron chi connectivity index (χ3n) is 6.08. The minimum Gasteiger partial charge on any atom is -0.459 e. The standard InChI is InChI=1S/C25H19NO/c1-25-15-7-6-12-21(25)26-19-14-13-16-8-2-3-9-17(16)22(19)23-18-10-4-5-11-20(18)27-24(23)25/h2-15,21,26H,1H3. The Balaban J connectivity index is 1.84. The summed E-state index contributed by atoms with van der Waals surface area (Å²) >= 11 is 0. The quantitative estimate of drug-likeness (QED) is 0.396. The second-order valence-electron chi connectivity index (χ2n) is 7.66. The first-order valence-corrected chi connectivity index (χ1v) is 9.42. The zero-order chi connectivity index (χ0) is 18.0. The zero-order valence-corrected chi connectivity index (χ0v) is 15.1. The normalized spacial score (nSPS) is 22.8. The fourth-order valence-electron chi connectivity index (χ4n) is 4.65. The van der Waals surface area contributed by atoms with Crippen LogP contribution in [0.2, 0.25) is 0 Å². The molecule has 130 valence electrons. The lowest BCUT2D eigenvalue weighted by Gasteiger charge is -2.33. The van der Waals surface area contributed by atoms with Crippen molar-refractivity contribution >= 4 is 27.4 Å². The van der Waals surface area contributed by atoms with Gasteiger partial charge >= 0.3 is 0 Å². The molecule has 6 rings (SSSR count). The molecule has 2 nitrogen and oxygen atoms in total. The maximum Gasteiger partial charge on any atom is 0.134 e. The number of hydrogen-bond donors (Lipinski definition) is 1. The Morgan fingerprint density at radius 1 is 0.852 bits per heavy atom. The molecule has 0 spiro atoms. The van der Waals surface area contributed by atoms with Crippen LogP contribution in [-0.2, 0) is 5.41 Å². The Labute approximate surface area is 157 Å². The van der Waals surface area contributed by atoms with E-state index in [1.807, 2.05) is 6.07 Å². The van der Waals surface area contributed by atoms with Gasteiger partial charge in [0.05, 0.1) is 11.5 Å². The van der Waals surface area contributed by atoms with E-state index in [0.29, 0.717) is 0 Å². The van der Waals surface area contributed by atoms with E-state index in [9.17, 15) is 0 Å². The maximum atomic E-state index is 6.52. The van der Waals surface area contributed by atoms with Crippen LogP contribution in [0.1, 0.15) is 12.7 Å². The lowest BCUT2D eigenvalue weighted by Crippen LogP contribution is -2.39. The predicted octanol–water partition coefficient (Wildman–Crippen LogP) is 6.43. The lowest BCUT2D eigenvalue weighted by molar-refractivity contribution is 0.421. The van der Waals surface area contributed by atoms with Gasteiger partial charge in [-0.3, -0.25) is 0 Å². The molecule has 1 aromatic heterocycles. The average molecular weight is 349 g/mol. The topological polar surface area (TPSA) is 25.2 Å². The van der Waals surface area contributed by atoms with E-state index in [4.69, 9.17) is 4.42 Å². The molecule has 2 atom stereocenters. The van der Waals surface area contributed by atoms with Crippen molar-refractivity contribution in [3.8, 4) is 11.1 Å². The van der Waals surface area contributed by atoms with Crippen LogP contribution in [0.25, 0.3) is 32.9 Å². The molecule has 2 unspecified atom stereocenters. The lowest BCUT2D eigenvalue weighted by atomic mass is 9.75. The van der Waals surface area contributed by atoms with Gasteiger partial charge in [-0.1, -0.05) is 72.8 Å². The van der Waals surface area contributed by atoms with Crippen molar-refractivity contribution in [1.29, 1.82) is 0 Å². The van der Waals surface area contributed by atoms with Crippen LogP contribution in [0.15, 0.2) is 89.4 Å². The Kier molecular flexibility index (Phi) is 2.83. The van der Waals surface area contributed by atoms with Gasteiger partial charge in [0, 0.05) is 22.2 Å². The Morgan fingerprint density at radius 3 is 2.59 bits per heavy atom. The largest absolute Gasteiger partial charge is 0.459 e. The molecule has 1 aliphatic heterocycles. The smallest absolute Gasteiger partial charge is 0.134 e. The SMILES string of the molecule is CC12C=CC=CC1Nc1ccc3ccccc3c1-c1c2oc2ccccc12. The molecular weight excluding hydrogens is 330 g/mol. The van der Waals surface area contributed by atoms with Gasteiger partial charge in [0.1, 0.15) is 11.3 Å². The molecule has 1 aliphatic carbocycles. The van der Waals surface area contributed by atoms with Crippen molar-refractivity contribution in [2.45, 2.75) is 18.4 Å². The summed E-state index contributed by atoms with van der Waals surface area (Å²) in [4.78, 5) is 0. The van der Waals surface area contributed by atoms with Crippen molar-refractivity contribution in [2.75, 3.05) is 5.32 Å². The van der Waals surface area contributed by atoms with Crippen LogP contribution in [0.3, 0.4) is 0 Å². The minimum atomic E-state index is -0.247. The van der Waals surface area contributed by atoms with E-state index in [0.717, 1.165) is 17.0 Å². The molecule has 0 bridgehead atoms. The first-order valence-electron chi connectivity index (χ1n) is 9.42. The number of para-hydroxylation sites is 1. The Morgan fingerprint density at radius 2 is 1.67 bits per heavy atom. The van der Waals surface area contributed by atoms with E-state index >= 15 is 0 Å². The molecule has 2 aliphatic rings. The van der Waals surface area contributed by atoms with Gasteiger partial charge in [0.15, 0.2) is 0 Å². The Bertz CT molecular complexity index is 1280. The van der Waals surface area contributed by atoms with Crippen molar-refractivity contribution < 1.29 is 4.42 Å². The van der Waals surface area contributed by atoms with E-state index < -0.39 is 0 Å². The fourth-order valence-corrected chi connectivity index (χ4v) is 4.65. The summed E-state index contributed by atoms with van der Waals surface area (Å²) in [7, 11) is 0. The van der Waals surface area contributed by atoms with Crippen LogP contribution < -0.4 is 5.32 Å². The van der Waals surface area contributed by atoms with Gasteiger partial charge in [-0.15, -0.1) is 0 Å². The summed E-state index contributed by atoms with van der Waals surface area (Å²) in [5, 5.41) is 7.47. The highest BCUT2D eigenvalue weighted by Gasteiger charge is 2.42. The molecule has 3 aromatic carbocycles. The molecule has 0 saturated carbocycles. The Hall–Kier alpha value is -3.26. The number of allylic oxidation sites excluding steroid dienone is 2. The average Bonchev–Trinajstić information content (AvgIpc) is 3.05. The summed E-state index contributed by atoms with van der Waals surface area (Å²) in [6.45, 7) is 2.26. The molecule has 0 saturated heterocycles. The molecule has 2 heteroatoms. The number of anilines is 1. The molecule has 0 fully saturated rings. The van der Waals surface area contributed by atoms with Crippen molar-refractivity contribution in [1.82, 2.24) is 0 Å².